The molecule has 1 aromatic carbocycles. The summed E-state index contributed by atoms with van der Waals surface area (Å²) in [5.74, 6) is 0. The zero-order valence-corrected chi connectivity index (χ0v) is 9.55. The minimum absolute atomic E-state index is 0.153. The summed E-state index contributed by atoms with van der Waals surface area (Å²) in [7, 11) is -3.58. The van der Waals surface area contributed by atoms with Crippen molar-refractivity contribution in [1.82, 2.24) is 8.96 Å². The van der Waals surface area contributed by atoms with E-state index in [9.17, 15) is 8.42 Å². The lowest BCUT2D eigenvalue weighted by atomic mass is 10.3. The number of hydrogen-bond donors (Lipinski definition) is 0. The van der Waals surface area contributed by atoms with Crippen LogP contribution in [-0.2, 0) is 10.0 Å². The van der Waals surface area contributed by atoms with Crippen LogP contribution in [0.15, 0.2) is 59.5 Å². The van der Waals surface area contributed by atoms with E-state index < -0.39 is 10.0 Å². The van der Waals surface area contributed by atoms with Gasteiger partial charge in [-0.1, -0.05) is 23.9 Å². The van der Waals surface area contributed by atoms with Gasteiger partial charge in [0.25, 0.3) is 10.0 Å². The molecule has 0 aliphatic heterocycles. The lowest BCUT2D eigenvalue weighted by molar-refractivity contribution is 0.596. The van der Waals surface area contributed by atoms with Crippen molar-refractivity contribution in [3.63, 3.8) is 0 Å². The van der Waals surface area contributed by atoms with E-state index >= 15 is 0 Å². The average molecular weight is 244 g/mol. The largest absolute Gasteiger partial charge is 0.276 e. The first-order valence-electron chi connectivity index (χ1n) is 5.01. The van der Waals surface area contributed by atoms with Crippen molar-refractivity contribution < 1.29 is 8.42 Å². The fourth-order valence-electron chi connectivity index (χ4n) is 1.71. The molecule has 5 heteroatoms. The fraction of sp³-hybridized carbons (Fsp3) is 0. The zero-order chi connectivity index (χ0) is 11.9. The van der Waals surface area contributed by atoms with Gasteiger partial charge in [0.15, 0.2) is 0 Å². The van der Waals surface area contributed by atoms with E-state index in [4.69, 9.17) is 0 Å². The second-order valence-corrected chi connectivity index (χ2v) is 5.35. The zero-order valence-electron chi connectivity index (χ0n) is 8.74. The molecule has 84 valence electrons. The lowest BCUT2D eigenvalue weighted by Crippen LogP contribution is -2.11. The van der Waals surface area contributed by atoms with E-state index in [1.54, 1.807) is 30.4 Å². The molecule has 0 radical (unpaired) electrons. The van der Waals surface area contributed by atoms with Crippen molar-refractivity contribution in [2.24, 2.45) is 0 Å². The third kappa shape index (κ3) is 1.45. The van der Waals surface area contributed by atoms with Crippen LogP contribution in [-0.4, -0.2) is 17.4 Å². The highest BCUT2D eigenvalue weighted by Crippen LogP contribution is 2.20. The fourth-order valence-corrected chi connectivity index (χ4v) is 2.97. The molecule has 4 nitrogen and oxygen atoms in total. The van der Waals surface area contributed by atoms with Crippen molar-refractivity contribution in [3.8, 4) is 0 Å². The van der Waals surface area contributed by atoms with Crippen LogP contribution < -0.4 is 0 Å². The molecule has 0 N–H and O–H groups in total. The van der Waals surface area contributed by atoms with Crippen LogP contribution in [0.4, 0.5) is 0 Å². The molecule has 1 aliphatic carbocycles. The van der Waals surface area contributed by atoms with Crippen LogP contribution in [0, 0.1) is 0 Å². The molecule has 0 bridgehead atoms. The number of rotatable bonds is 2. The normalized spacial score (nSPS) is 14.5. The van der Waals surface area contributed by atoms with Gasteiger partial charge in [0, 0.05) is 0 Å². The number of nitrogens with zero attached hydrogens (tertiary/aromatic N) is 2. The standard InChI is InChI=1S/C12H8N2O2S/c15-17(16,10-5-1-2-6-10)14-9-13-11-7-3-4-8-12(11)14/h1-5,7-9H. The molecular weight excluding hydrogens is 236 g/mol. The topological polar surface area (TPSA) is 52.0 Å². The quantitative estimate of drug-likeness (QED) is 0.757. The van der Waals surface area contributed by atoms with E-state index in [0.717, 1.165) is 0 Å². The Morgan fingerprint density at radius 2 is 2.06 bits per heavy atom. The number of fused-ring (bicyclic) bond motifs is 1. The van der Waals surface area contributed by atoms with Gasteiger partial charge in [-0.25, -0.2) is 8.96 Å². The second kappa shape index (κ2) is 3.45. The molecule has 1 aromatic heterocycles. The third-order valence-electron chi connectivity index (χ3n) is 2.53. The SMILES string of the molecule is O=S(=O)(C1=C=CC=C1)n1cnc2ccccc21. The molecule has 2 aromatic rings. The molecule has 0 fully saturated rings. The molecule has 0 amide bonds. The molecule has 3 rings (SSSR count). The van der Waals surface area contributed by atoms with Crippen LogP contribution in [0.1, 0.15) is 0 Å². The summed E-state index contributed by atoms with van der Waals surface area (Å²) in [6, 6.07) is 7.10. The summed E-state index contributed by atoms with van der Waals surface area (Å²) < 4.78 is 25.7. The van der Waals surface area contributed by atoms with E-state index in [0.29, 0.717) is 11.0 Å². The molecule has 0 spiro atoms. The van der Waals surface area contributed by atoms with Crippen molar-refractivity contribution in [2.45, 2.75) is 0 Å². The van der Waals surface area contributed by atoms with Gasteiger partial charge in [-0.05, 0) is 24.3 Å². The predicted octanol–water partition coefficient (Wildman–Crippen LogP) is 1.82. The first-order valence-corrected chi connectivity index (χ1v) is 6.45. The van der Waals surface area contributed by atoms with Crippen LogP contribution in [0.3, 0.4) is 0 Å². The molecule has 0 saturated heterocycles. The molecular formula is C12H8N2O2S. The number of benzene rings is 1. The number of para-hydroxylation sites is 2. The van der Waals surface area contributed by atoms with Gasteiger partial charge in [0.2, 0.25) is 0 Å². The smallest absolute Gasteiger partial charge is 0.236 e. The first kappa shape index (κ1) is 10.1. The predicted molar refractivity (Wildman–Crippen MR) is 64.8 cm³/mol. The van der Waals surface area contributed by atoms with Crippen molar-refractivity contribution >= 4 is 21.1 Å². The second-order valence-electron chi connectivity index (χ2n) is 3.57. The molecule has 0 saturated carbocycles. The summed E-state index contributed by atoms with van der Waals surface area (Å²) in [6.07, 6.45) is 6.06. The van der Waals surface area contributed by atoms with Crippen molar-refractivity contribution in [1.29, 1.82) is 0 Å². The minimum Gasteiger partial charge on any atom is -0.236 e. The minimum atomic E-state index is -3.58. The highest BCUT2D eigenvalue weighted by molar-refractivity contribution is 7.94. The summed E-state index contributed by atoms with van der Waals surface area (Å²) in [5.41, 5.74) is 3.92. The van der Waals surface area contributed by atoms with Gasteiger partial charge >= 0.3 is 0 Å². The Labute approximate surface area is 98.3 Å². The van der Waals surface area contributed by atoms with Gasteiger partial charge in [0.05, 0.1) is 11.0 Å². The maximum absolute atomic E-state index is 12.3. The van der Waals surface area contributed by atoms with Gasteiger partial charge in [-0.3, -0.25) is 0 Å². The Hall–Kier alpha value is -2.10. The Morgan fingerprint density at radius 1 is 1.24 bits per heavy atom. The Bertz CT molecular complexity index is 791. The number of hydrogen-bond acceptors (Lipinski definition) is 3. The summed E-state index contributed by atoms with van der Waals surface area (Å²) in [4.78, 5) is 4.22. The van der Waals surface area contributed by atoms with Gasteiger partial charge in [-0.2, -0.15) is 8.42 Å². The summed E-state index contributed by atoms with van der Waals surface area (Å²) in [5, 5.41) is 0. The van der Waals surface area contributed by atoms with Gasteiger partial charge < -0.3 is 0 Å². The monoisotopic (exact) mass is 244 g/mol. The molecule has 1 aliphatic rings. The summed E-state index contributed by atoms with van der Waals surface area (Å²) >= 11 is 0. The van der Waals surface area contributed by atoms with Crippen LogP contribution >= 0.6 is 0 Å². The van der Waals surface area contributed by atoms with Gasteiger partial charge in [-0.15, -0.1) is 0 Å². The Balaban J connectivity index is 2.29. The van der Waals surface area contributed by atoms with E-state index in [2.05, 4.69) is 10.7 Å². The molecule has 17 heavy (non-hydrogen) atoms. The van der Waals surface area contributed by atoms with Crippen LogP contribution in [0.2, 0.25) is 0 Å². The average Bonchev–Trinajstić information content (AvgIpc) is 2.99. The van der Waals surface area contributed by atoms with Crippen LogP contribution in [0.5, 0.6) is 0 Å². The Kier molecular flexibility index (Phi) is 2.04. The molecule has 0 unspecified atom stereocenters. The number of allylic oxidation sites excluding steroid dienone is 2. The number of aromatic nitrogens is 2. The summed E-state index contributed by atoms with van der Waals surface area (Å²) in [6.45, 7) is 0. The first-order chi connectivity index (χ1) is 8.19. The maximum atomic E-state index is 12.3. The maximum Gasteiger partial charge on any atom is 0.276 e. The van der Waals surface area contributed by atoms with Gasteiger partial charge in [0.1, 0.15) is 11.2 Å². The number of imidazole rings is 1. The van der Waals surface area contributed by atoms with E-state index in [-0.39, 0.29) is 4.91 Å². The highest BCUT2D eigenvalue weighted by Gasteiger charge is 2.20. The molecule has 1 heterocycles. The highest BCUT2D eigenvalue weighted by atomic mass is 32.2. The Morgan fingerprint density at radius 3 is 2.82 bits per heavy atom. The van der Waals surface area contributed by atoms with Crippen LogP contribution in [0.25, 0.3) is 11.0 Å². The van der Waals surface area contributed by atoms with Crippen molar-refractivity contribution in [3.05, 3.63) is 59.5 Å². The van der Waals surface area contributed by atoms with E-state index in [1.807, 2.05) is 6.07 Å². The lowest BCUT2D eigenvalue weighted by Gasteiger charge is -2.04. The van der Waals surface area contributed by atoms with E-state index in [1.165, 1.54) is 16.4 Å². The third-order valence-corrected chi connectivity index (χ3v) is 4.15. The van der Waals surface area contributed by atoms with Crippen molar-refractivity contribution in [2.75, 3.05) is 0 Å². The molecule has 0 atom stereocenters.